The number of aryl methyl sites for hydroxylation is 1. The van der Waals surface area contributed by atoms with Gasteiger partial charge in [-0.05, 0) is 37.0 Å². The molecule has 0 bridgehead atoms. The Morgan fingerprint density at radius 1 is 1.30 bits per heavy atom. The second-order valence-corrected chi connectivity index (χ2v) is 6.97. The van der Waals surface area contributed by atoms with Crippen LogP contribution in [0.4, 0.5) is 0 Å². The van der Waals surface area contributed by atoms with Gasteiger partial charge in [-0.2, -0.15) is 0 Å². The van der Waals surface area contributed by atoms with E-state index in [-0.39, 0.29) is 24.0 Å². The van der Waals surface area contributed by atoms with Crippen LogP contribution in [0.25, 0.3) is 0 Å². The van der Waals surface area contributed by atoms with Crippen molar-refractivity contribution in [3.05, 3.63) is 29.8 Å². The number of guanidine groups is 1. The fraction of sp³-hybridized carbons (Fsp3) is 0.650. The molecule has 1 N–H and O–H groups in total. The molecule has 2 aliphatic rings. The van der Waals surface area contributed by atoms with E-state index in [0.717, 1.165) is 70.5 Å². The highest BCUT2D eigenvalue weighted by Gasteiger charge is 2.30. The zero-order valence-electron chi connectivity index (χ0n) is 16.5. The maximum absolute atomic E-state index is 5.47. The van der Waals surface area contributed by atoms with Gasteiger partial charge in [0, 0.05) is 45.8 Å². The van der Waals surface area contributed by atoms with Gasteiger partial charge >= 0.3 is 0 Å². The summed E-state index contributed by atoms with van der Waals surface area (Å²) in [5, 5.41) is 3.54. The van der Waals surface area contributed by atoms with E-state index in [1.54, 1.807) is 7.11 Å². The van der Waals surface area contributed by atoms with Gasteiger partial charge in [-0.1, -0.05) is 12.1 Å². The van der Waals surface area contributed by atoms with Crippen molar-refractivity contribution in [1.82, 2.24) is 15.1 Å². The summed E-state index contributed by atoms with van der Waals surface area (Å²) in [4.78, 5) is 9.45. The number of benzene rings is 1. The maximum Gasteiger partial charge on any atom is 0.193 e. The molecule has 2 aliphatic heterocycles. The number of ether oxygens (including phenoxy) is 2. The summed E-state index contributed by atoms with van der Waals surface area (Å²) in [5.74, 6) is 1.96. The zero-order valence-corrected chi connectivity index (χ0v) is 18.9. The Morgan fingerprint density at radius 3 is 2.85 bits per heavy atom. The first-order chi connectivity index (χ1) is 12.8. The minimum atomic E-state index is 0. The maximum atomic E-state index is 5.47. The molecular weight excluding hydrogens is 455 g/mol. The topological polar surface area (TPSA) is 49.3 Å². The van der Waals surface area contributed by atoms with Gasteiger partial charge in [0.2, 0.25) is 0 Å². The van der Waals surface area contributed by atoms with Crippen molar-refractivity contribution in [2.24, 2.45) is 4.99 Å². The third kappa shape index (κ3) is 6.50. The summed E-state index contributed by atoms with van der Waals surface area (Å²) in [6.07, 6.45) is 3.33. The second kappa shape index (κ2) is 11.7. The summed E-state index contributed by atoms with van der Waals surface area (Å²) in [7, 11) is 3.59. The Labute approximate surface area is 180 Å². The van der Waals surface area contributed by atoms with Crippen molar-refractivity contribution in [3.63, 3.8) is 0 Å². The average Bonchev–Trinajstić information content (AvgIpc) is 3.19. The molecule has 0 aromatic heterocycles. The first-order valence-electron chi connectivity index (χ1n) is 9.70. The van der Waals surface area contributed by atoms with Crippen molar-refractivity contribution < 1.29 is 9.47 Å². The first-order valence-corrected chi connectivity index (χ1v) is 9.70. The molecule has 3 rings (SSSR count). The van der Waals surface area contributed by atoms with Crippen LogP contribution >= 0.6 is 24.0 Å². The average molecular weight is 488 g/mol. The fourth-order valence-corrected chi connectivity index (χ4v) is 3.83. The fourth-order valence-electron chi connectivity index (χ4n) is 3.83. The summed E-state index contributed by atoms with van der Waals surface area (Å²) in [6, 6.07) is 8.94. The summed E-state index contributed by atoms with van der Waals surface area (Å²) < 4.78 is 10.8. The molecule has 0 amide bonds. The number of hydrogen-bond acceptors (Lipinski definition) is 4. The highest BCUT2D eigenvalue weighted by molar-refractivity contribution is 14.0. The van der Waals surface area contributed by atoms with Crippen LogP contribution in [-0.4, -0.2) is 81.9 Å². The minimum Gasteiger partial charge on any atom is -0.497 e. The van der Waals surface area contributed by atoms with Gasteiger partial charge in [-0.3, -0.25) is 9.89 Å². The number of methoxy groups -OCH3 is 1. The number of halogens is 1. The molecule has 2 fully saturated rings. The monoisotopic (exact) mass is 488 g/mol. The lowest BCUT2D eigenvalue weighted by atomic mass is 10.1. The van der Waals surface area contributed by atoms with Gasteiger partial charge in [0.05, 0.1) is 20.3 Å². The normalized spacial score (nSPS) is 21.0. The van der Waals surface area contributed by atoms with E-state index in [1.807, 2.05) is 13.1 Å². The van der Waals surface area contributed by atoms with E-state index in [1.165, 1.54) is 12.0 Å². The molecule has 6 nitrogen and oxygen atoms in total. The highest BCUT2D eigenvalue weighted by atomic mass is 127. The van der Waals surface area contributed by atoms with E-state index in [2.05, 4.69) is 38.3 Å². The van der Waals surface area contributed by atoms with Crippen LogP contribution in [0.2, 0.25) is 0 Å². The minimum absolute atomic E-state index is 0. The molecule has 0 aliphatic carbocycles. The van der Waals surface area contributed by atoms with Crippen LogP contribution in [0.3, 0.4) is 0 Å². The zero-order chi connectivity index (χ0) is 18.2. The molecule has 0 radical (unpaired) electrons. The first kappa shape index (κ1) is 22.2. The smallest absolute Gasteiger partial charge is 0.193 e. The summed E-state index contributed by atoms with van der Waals surface area (Å²) in [5.41, 5.74) is 1.31. The molecule has 2 heterocycles. The quantitative estimate of drug-likeness (QED) is 0.288. The van der Waals surface area contributed by atoms with Crippen LogP contribution in [0, 0.1) is 0 Å². The third-order valence-corrected chi connectivity index (χ3v) is 5.30. The van der Waals surface area contributed by atoms with Crippen molar-refractivity contribution in [3.8, 4) is 5.75 Å². The lowest BCUT2D eigenvalue weighted by Gasteiger charge is -2.32. The molecule has 1 unspecified atom stereocenters. The van der Waals surface area contributed by atoms with Crippen LogP contribution in [0.15, 0.2) is 29.3 Å². The number of morpholine rings is 1. The molecule has 7 heteroatoms. The largest absolute Gasteiger partial charge is 0.497 e. The Kier molecular flexibility index (Phi) is 9.64. The predicted molar refractivity (Wildman–Crippen MR) is 120 cm³/mol. The van der Waals surface area contributed by atoms with Crippen molar-refractivity contribution >= 4 is 29.9 Å². The number of aliphatic imine (C=N–C) groups is 1. The van der Waals surface area contributed by atoms with Crippen molar-refractivity contribution in [2.45, 2.75) is 25.3 Å². The van der Waals surface area contributed by atoms with E-state index >= 15 is 0 Å². The Bertz CT molecular complexity index is 593. The van der Waals surface area contributed by atoms with Gasteiger partial charge in [-0.25, -0.2) is 0 Å². The van der Waals surface area contributed by atoms with E-state index < -0.39 is 0 Å². The molecule has 1 aromatic carbocycles. The van der Waals surface area contributed by atoms with Crippen LogP contribution < -0.4 is 10.1 Å². The lowest BCUT2D eigenvalue weighted by molar-refractivity contribution is 0.0195. The van der Waals surface area contributed by atoms with Crippen LogP contribution in [-0.2, 0) is 11.2 Å². The molecule has 2 saturated heterocycles. The number of nitrogens with zero attached hydrogens (tertiary/aromatic N) is 3. The van der Waals surface area contributed by atoms with E-state index in [4.69, 9.17) is 9.47 Å². The molecule has 27 heavy (non-hydrogen) atoms. The van der Waals surface area contributed by atoms with E-state index in [0.29, 0.717) is 6.04 Å². The van der Waals surface area contributed by atoms with Crippen LogP contribution in [0.1, 0.15) is 18.4 Å². The molecule has 0 saturated carbocycles. The Morgan fingerprint density at radius 2 is 2.11 bits per heavy atom. The Hall–Kier alpha value is -1.06. The summed E-state index contributed by atoms with van der Waals surface area (Å²) in [6.45, 7) is 6.94. The number of rotatable bonds is 6. The molecule has 0 spiro atoms. The summed E-state index contributed by atoms with van der Waals surface area (Å²) >= 11 is 0. The highest BCUT2D eigenvalue weighted by Crippen LogP contribution is 2.17. The van der Waals surface area contributed by atoms with Crippen molar-refractivity contribution in [1.29, 1.82) is 0 Å². The Balaban J connectivity index is 0.00000261. The number of likely N-dealkylation sites (tertiary alicyclic amines) is 1. The van der Waals surface area contributed by atoms with Gasteiger partial charge < -0.3 is 19.7 Å². The number of hydrogen-bond donors (Lipinski definition) is 1. The van der Waals surface area contributed by atoms with Crippen molar-refractivity contribution in [2.75, 3.05) is 60.1 Å². The standard InChI is InChI=1S/C20H32N4O2.HI/c1-21-20(22-9-4-6-17-5-3-7-19(15-17)25-2)24-10-8-18(16-24)23-11-13-26-14-12-23;/h3,5,7,15,18H,4,6,8-14,16H2,1-2H3,(H,21,22);1H. The number of nitrogens with one attached hydrogen (secondary N) is 1. The SMILES string of the molecule is CN=C(NCCCc1cccc(OC)c1)N1CCC(N2CCOCC2)C1.I. The van der Waals surface area contributed by atoms with Gasteiger partial charge in [-0.15, -0.1) is 24.0 Å². The van der Waals surface area contributed by atoms with E-state index in [9.17, 15) is 0 Å². The predicted octanol–water partition coefficient (Wildman–Crippen LogP) is 2.23. The molecule has 1 aromatic rings. The lowest BCUT2D eigenvalue weighted by Crippen LogP contribution is -2.46. The third-order valence-electron chi connectivity index (χ3n) is 5.30. The molecule has 1 atom stereocenters. The second-order valence-electron chi connectivity index (χ2n) is 6.97. The molecule has 152 valence electrons. The molecular formula is C20H33IN4O2. The van der Waals surface area contributed by atoms with Gasteiger partial charge in [0.25, 0.3) is 0 Å². The van der Waals surface area contributed by atoms with Crippen LogP contribution in [0.5, 0.6) is 5.75 Å². The van der Waals surface area contributed by atoms with Gasteiger partial charge in [0.15, 0.2) is 5.96 Å². The van der Waals surface area contributed by atoms with Gasteiger partial charge in [0.1, 0.15) is 5.75 Å².